The Bertz CT molecular complexity index is 1260. The number of benzene rings is 3. The predicted octanol–water partition coefficient (Wildman–Crippen LogP) is 10.3. The number of hydrogen-bond donors (Lipinski definition) is 0. The van der Waals surface area contributed by atoms with E-state index in [0.717, 1.165) is 22.5 Å². The van der Waals surface area contributed by atoms with Crippen molar-refractivity contribution in [3.8, 4) is 33.6 Å². The minimum Gasteiger partial charge on any atom is -0.248 e. The van der Waals surface area contributed by atoms with E-state index in [0.29, 0.717) is 16.7 Å². The van der Waals surface area contributed by atoms with Crippen LogP contribution in [0.25, 0.3) is 33.6 Å². The Kier molecular flexibility index (Phi) is 6.49. The molecule has 2 saturated carbocycles. The van der Waals surface area contributed by atoms with Gasteiger partial charge in [-0.15, -0.1) is 0 Å². The summed E-state index contributed by atoms with van der Waals surface area (Å²) in [6.07, 6.45) is 11.3. The predicted molar refractivity (Wildman–Crippen MR) is 156 cm³/mol. The number of hydrogen-bond acceptors (Lipinski definition) is 1. The van der Waals surface area contributed by atoms with Crippen LogP contribution in [-0.4, -0.2) is 4.98 Å². The van der Waals surface area contributed by atoms with Crippen molar-refractivity contribution >= 4 is 0 Å². The molecule has 0 atom stereocenters. The maximum Gasteiger partial charge on any atom is 0.0715 e. The maximum atomic E-state index is 5.04. The zero-order valence-corrected chi connectivity index (χ0v) is 22.4. The molecule has 6 rings (SSSR count). The summed E-state index contributed by atoms with van der Waals surface area (Å²) in [5, 5.41) is 0. The molecular formula is C36H39N. The van der Waals surface area contributed by atoms with Gasteiger partial charge in [0.1, 0.15) is 0 Å². The number of pyridine rings is 1. The van der Waals surface area contributed by atoms with Gasteiger partial charge in [0.2, 0.25) is 0 Å². The molecule has 0 amide bonds. The molecule has 2 aliphatic carbocycles. The molecule has 0 unspecified atom stereocenters. The lowest BCUT2D eigenvalue weighted by Gasteiger charge is -2.47. The van der Waals surface area contributed by atoms with Gasteiger partial charge in [-0.3, -0.25) is 0 Å². The lowest BCUT2D eigenvalue weighted by atomic mass is 9.58. The van der Waals surface area contributed by atoms with Gasteiger partial charge in [0.25, 0.3) is 0 Å². The molecule has 1 heteroatoms. The molecule has 2 aliphatic rings. The van der Waals surface area contributed by atoms with Crippen LogP contribution in [0.2, 0.25) is 0 Å². The highest BCUT2D eigenvalue weighted by molar-refractivity contribution is 5.76. The van der Waals surface area contributed by atoms with Crippen molar-refractivity contribution in [2.24, 2.45) is 10.8 Å². The van der Waals surface area contributed by atoms with Crippen LogP contribution in [0, 0.1) is 10.8 Å². The van der Waals surface area contributed by atoms with Gasteiger partial charge in [0.15, 0.2) is 0 Å². The first-order valence-corrected chi connectivity index (χ1v) is 14.2. The average molecular weight is 486 g/mol. The quantitative estimate of drug-likeness (QED) is 0.280. The first kappa shape index (κ1) is 24.2. The molecular weight excluding hydrogens is 446 g/mol. The molecule has 1 aromatic heterocycles. The van der Waals surface area contributed by atoms with Crippen LogP contribution in [0.5, 0.6) is 0 Å². The second-order valence-corrected chi connectivity index (χ2v) is 12.4. The van der Waals surface area contributed by atoms with Gasteiger partial charge in [-0.25, -0.2) is 4.98 Å². The van der Waals surface area contributed by atoms with Gasteiger partial charge >= 0.3 is 0 Å². The highest BCUT2D eigenvalue weighted by atomic mass is 14.7. The highest BCUT2D eigenvalue weighted by Crippen LogP contribution is 2.54. The van der Waals surface area contributed by atoms with Crippen LogP contribution in [-0.2, 0) is 0 Å². The zero-order chi connectivity index (χ0) is 25.3. The SMILES string of the molecule is CC1(C)CCC2(CCC(c3ccc(-c4cc(-c5ccccc5)nc(-c5ccccc5)c4)cc3)CC2)CC1. The first-order valence-electron chi connectivity index (χ1n) is 14.2. The summed E-state index contributed by atoms with van der Waals surface area (Å²) in [5.74, 6) is 0.715. The monoisotopic (exact) mass is 485 g/mol. The van der Waals surface area contributed by atoms with Gasteiger partial charge in [0.05, 0.1) is 11.4 Å². The van der Waals surface area contributed by atoms with E-state index in [-0.39, 0.29) is 0 Å². The molecule has 1 heterocycles. The zero-order valence-electron chi connectivity index (χ0n) is 22.4. The Morgan fingerprint density at radius 2 is 1.05 bits per heavy atom. The molecule has 0 radical (unpaired) electrons. The summed E-state index contributed by atoms with van der Waals surface area (Å²) in [7, 11) is 0. The van der Waals surface area contributed by atoms with Crippen molar-refractivity contribution in [1.29, 1.82) is 0 Å². The molecule has 0 aliphatic heterocycles. The van der Waals surface area contributed by atoms with Crippen LogP contribution < -0.4 is 0 Å². The van der Waals surface area contributed by atoms with Gasteiger partial charge in [-0.05, 0) is 96.9 Å². The summed E-state index contributed by atoms with van der Waals surface area (Å²) in [5.41, 5.74) is 9.57. The Hall–Kier alpha value is -3.19. The largest absolute Gasteiger partial charge is 0.248 e. The fourth-order valence-electron chi connectivity index (χ4n) is 6.68. The Balaban J connectivity index is 1.24. The standard InChI is InChI=1S/C36H39N/c1-35(2)21-23-36(24-22-35)19-17-29(18-20-36)27-13-15-28(16-14-27)32-25-33(30-9-5-3-6-10-30)37-34(26-32)31-11-7-4-8-12-31/h3-16,25-26,29H,17-24H2,1-2H3. The third-order valence-corrected chi connectivity index (χ3v) is 9.39. The van der Waals surface area contributed by atoms with Crippen molar-refractivity contribution in [2.45, 2.75) is 71.1 Å². The van der Waals surface area contributed by atoms with Crippen molar-refractivity contribution in [2.75, 3.05) is 0 Å². The van der Waals surface area contributed by atoms with E-state index >= 15 is 0 Å². The van der Waals surface area contributed by atoms with Gasteiger partial charge < -0.3 is 0 Å². The molecule has 0 bridgehead atoms. The highest BCUT2D eigenvalue weighted by Gasteiger charge is 2.40. The molecule has 1 spiro atoms. The number of rotatable bonds is 4. The average Bonchev–Trinajstić information content (AvgIpc) is 2.96. The number of aromatic nitrogens is 1. The third kappa shape index (κ3) is 5.28. The smallest absolute Gasteiger partial charge is 0.0715 e. The number of nitrogens with zero attached hydrogens (tertiary/aromatic N) is 1. The molecule has 3 aromatic carbocycles. The minimum absolute atomic E-state index is 0.561. The summed E-state index contributed by atoms with van der Waals surface area (Å²) in [6, 6.07) is 35.0. The summed E-state index contributed by atoms with van der Waals surface area (Å²) >= 11 is 0. The fraction of sp³-hybridized carbons (Fsp3) is 0.361. The van der Waals surface area contributed by atoms with Gasteiger partial charge in [-0.2, -0.15) is 0 Å². The van der Waals surface area contributed by atoms with E-state index in [1.165, 1.54) is 68.1 Å². The van der Waals surface area contributed by atoms with Crippen LogP contribution >= 0.6 is 0 Å². The van der Waals surface area contributed by atoms with Crippen LogP contribution in [0.15, 0.2) is 97.1 Å². The normalized spacial score (nSPS) is 19.1. The lowest BCUT2D eigenvalue weighted by molar-refractivity contribution is 0.0585. The fourth-order valence-corrected chi connectivity index (χ4v) is 6.68. The first-order chi connectivity index (χ1) is 18.0. The molecule has 0 N–H and O–H groups in total. The van der Waals surface area contributed by atoms with Crippen LogP contribution in [0.4, 0.5) is 0 Å². The van der Waals surface area contributed by atoms with Gasteiger partial charge in [-0.1, -0.05) is 98.8 Å². The van der Waals surface area contributed by atoms with Gasteiger partial charge in [0, 0.05) is 11.1 Å². The van der Waals surface area contributed by atoms with E-state index in [9.17, 15) is 0 Å². The van der Waals surface area contributed by atoms with Crippen molar-refractivity contribution in [3.05, 3.63) is 103 Å². The van der Waals surface area contributed by atoms with E-state index in [1.54, 1.807) is 0 Å². The Morgan fingerprint density at radius 1 is 0.541 bits per heavy atom. The van der Waals surface area contributed by atoms with E-state index in [2.05, 4.69) is 111 Å². The summed E-state index contributed by atoms with van der Waals surface area (Å²) in [6.45, 7) is 4.92. The van der Waals surface area contributed by atoms with Crippen molar-refractivity contribution in [3.63, 3.8) is 0 Å². The molecule has 37 heavy (non-hydrogen) atoms. The van der Waals surface area contributed by atoms with Crippen molar-refractivity contribution < 1.29 is 0 Å². The topological polar surface area (TPSA) is 12.9 Å². The van der Waals surface area contributed by atoms with E-state index in [1.807, 2.05) is 0 Å². The third-order valence-electron chi connectivity index (χ3n) is 9.39. The Morgan fingerprint density at radius 3 is 1.57 bits per heavy atom. The molecule has 0 saturated heterocycles. The second-order valence-electron chi connectivity index (χ2n) is 12.4. The summed E-state index contributed by atoms with van der Waals surface area (Å²) < 4.78 is 0. The molecule has 1 nitrogen and oxygen atoms in total. The molecule has 188 valence electrons. The van der Waals surface area contributed by atoms with E-state index < -0.39 is 0 Å². The van der Waals surface area contributed by atoms with Crippen LogP contribution in [0.3, 0.4) is 0 Å². The maximum absolute atomic E-state index is 5.04. The van der Waals surface area contributed by atoms with Crippen LogP contribution in [0.1, 0.15) is 76.7 Å². The summed E-state index contributed by atoms with van der Waals surface area (Å²) in [4.78, 5) is 5.04. The lowest BCUT2D eigenvalue weighted by Crippen LogP contribution is -2.34. The molecule has 2 fully saturated rings. The minimum atomic E-state index is 0.561. The van der Waals surface area contributed by atoms with E-state index in [4.69, 9.17) is 4.98 Å². The second kappa shape index (κ2) is 9.93. The Labute approximate surface area is 223 Å². The van der Waals surface area contributed by atoms with Crippen molar-refractivity contribution in [1.82, 2.24) is 4.98 Å². The molecule has 4 aromatic rings.